The highest BCUT2D eigenvalue weighted by Crippen LogP contribution is 2.18. The molecule has 0 saturated carbocycles. The minimum absolute atomic E-state index is 0.0473. The number of benzene rings is 1. The SMILES string of the molecule is Cc1ccc(NC(=O)CN2CC(C)CC2=O)cc1N. The highest BCUT2D eigenvalue weighted by molar-refractivity contribution is 5.95. The van der Waals surface area contributed by atoms with Crippen LogP contribution in [0.4, 0.5) is 11.4 Å². The van der Waals surface area contributed by atoms with Crippen LogP contribution in [0.15, 0.2) is 18.2 Å². The van der Waals surface area contributed by atoms with E-state index in [1.807, 2.05) is 19.9 Å². The summed E-state index contributed by atoms with van der Waals surface area (Å²) in [5, 5.41) is 2.76. The number of likely N-dealkylation sites (tertiary alicyclic amines) is 1. The fraction of sp³-hybridized carbons (Fsp3) is 0.429. The number of carbonyl (C=O) groups excluding carboxylic acids is 2. The normalized spacial score (nSPS) is 18.7. The van der Waals surface area contributed by atoms with E-state index in [0.717, 1.165) is 5.56 Å². The maximum absolute atomic E-state index is 11.9. The van der Waals surface area contributed by atoms with Gasteiger partial charge in [-0.1, -0.05) is 13.0 Å². The lowest BCUT2D eigenvalue weighted by molar-refractivity contribution is -0.131. The zero-order chi connectivity index (χ0) is 14.0. The molecular formula is C14H19N3O2. The van der Waals surface area contributed by atoms with Crippen molar-refractivity contribution < 1.29 is 9.59 Å². The Morgan fingerprint density at radius 2 is 2.26 bits per heavy atom. The second-order valence-corrected chi connectivity index (χ2v) is 5.20. The molecule has 2 amide bonds. The van der Waals surface area contributed by atoms with Gasteiger partial charge in [0.1, 0.15) is 0 Å². The lowest BCUT2D eigenvalue weighted by Gasteiger charge is -2.15. The Hall–Kier alpha value is -2.04. The number of hydrogen-bond acceptors (Lipinski definition) is 3. The van der Waals surface area contributed by atoms with E-state index in [4.69, 9.17) is 5.73 Å². The van der Waals surface area contributed by atoms with Crippen LogP contribution in [-0.2, 0) is 9.59 Å². The predicted molar refractivity (Wildman–Crippen MR) is 74.6 cm³/mol. The van der Waals surface area contributed by atoms with Crippen LogP contribution in [0.3, 0.4) is 0 Å². The Morgan fingerprint density at radius 3 is 2.84 bits per heavy atom. The summed E-state index contributed by atoms with van der Waals surface area (Å²) in [6.07, 6.45) is 0.532. The summed E-state index contributed by atoms with van der Waals surface area (Å²) in [5.41, 5.74) is 8.06. The van der Waals surface area contributed by atoms with Gasteiger partial charge in [0.2, 0.25) is 11.8 Å². The molecule has 1 aliphatic heterocycles. The number of nitrogens with two attached hydrogens (primary N) is 1. The Morgan fingerprint density at radius 1 is 1.53 bits per heavy atom. The van der Waals surface area contributed by atoms with Crippen LogP contribution in [0.25, 0.3) is 0 Å². The molecule has 1 aromatic carbocycles. The fourth-order valence-electron chi connectivity index (χ4n) is 2.21. The van der Waals surface area contributed by atoms with Gasteiger partial charge in [-0.05, 0) is 30.5 Å². The van der Waals surface area contributed by atoms with Gasteiger partial charge in [-0.3, -0.25) is 9.59 Å². The van der Waals surface area contributed by atoms with E-state index >= 15 is 0 Å². The Balaban J connectivity index is 1.94. The van der Waals surface area contributed by atoms with Gasteiger partial charge in [0.05, 0.1) is 6.54 Å². The average molecular weight is 261 g/mol. The summed E-state index contributed by atoms with van der Waals surface area (Å²) < 4.78 is 0. The van der Waals surface area contributed by atoms with E-state index in [1.54, 1.807) is 17.0 Å². The van der Waals surface area contributed by atoms with Gasteiger partial charge in [0, 0.05) is 24.3 Å². The Bertz CT molecular complexity index is 513. The van der Waals surface area contributed by atoms with Gasteiger partial charge >= 0.3 is 0 Å². The molecule has 5 heteroatoms. The Labute approximate surface area is 112 Å². The van der Waals surface area contributed by atoms with Crippen LogP contribution >= 0.6 is 0 Å². The Kier molecular flexibility index (Phi) is 3.74. The first-order chi connectivity index (χ1) is 8.95. The third kappa shape index (κ3) is 3.24. The average Bonchev–Trinajstić information content (AvgIpc) is 2.62. The molecule has 1 unspecified atom stereocenters. The van der Waals surface area contributed by atoms with Gasteiger partial charge in [-0.15, -0.1) is 0 Å². The molecule has 1 saturated heterocycles. The van der Waals surface area contributed by atoms with Crippen LogP contribution in [0.1, 0.15) is 18.9 Å². The summed E-state index contributed by atoms with van der Waals surface area (Å²) in [6.45, 7) is 4.68. The van der Waals surface area contributed by atoms with Gasteiger partial charge in [-0.25, -0.2) is 0 Å². The number of anilines is 2. The molecule has 0 aromatic heterocycles. The third-order valence-electron chi connectivity index (χ3n) is 3.31. The summed E-state index contributed by atoms with van der Waals surface area (Å²) in [5.74, 6) is 0.187. The number of aryl methyl sites for hydroxylation is 1. The first-order valence-electron chi connectivity index (χ1n) is 6.39. The van der Waals surface area contributed by atoms with E-state index in [9.17, 15) is 9.59 Å². The van der Waals surface area contributed by atoms with Gasteiger partial charge in [0.25, 0.3) is 0 Å². The molecule has 1 fully saturated rings. The van der Waals surface area contributed by atoms with Crippen LogP contribution < -0.4 is 11.1 Å². The molecule has 19 heavy (non-hydrogen) atoms. The van der Waals surface area contributed by atoms with Crippen molar-refractivity contribution in [1.29, 1.82) is 0 Å². The van der Waals surface area contributed by atoms with Crippen molar-refractivity contribution in [1.82, 2.24) is 4.90 Å². The number of amides is 2. The van der Waals surface area contributed by atoms with Crippen LogP contribution in [0.5, 0.6) is 0 Å². The fourth-order valence-corrected chi connectivity index (χ4v) is 2.21. The second kappa shape index (κ2) is 5.30. The molecule has 1 atom stereocenters. The van der Waals surface area contributed by atoms with E-state index in [1.165, 1.54) is 0 Å². The molecule has 0 radical (unpaired) electrons. The summed E-state index contributed by atoms with van der Waals surface area (Å²) in [7, 11) is 0. The second-order valence-electron chi connectivity index (χ2n) is 5.20. The number of rotatable bonds is 3. The predicted octanol–water partition coefficient (Wildman–Crippen LogP) is 1.38. The van der Waals surface area contributed by atoms with Crippen molar-refractivity contribution >= 4 is 23.2 Å². The number of nitrogen functional groups attached to an aromatic ring is 1. The highest BCUT2D eigenvalue weighted by Gasteiger charge is 2.27. The van der Waals surface area contributed by atoms with Gasteiger partial charge in [0.15, 0.2) is 0 Å². The molecule has 0 bridgehead atoms. The molecule has 3 N–H and O–H groups in total. The number of nitrogens with zero attached hydrogens (tertiary/aromatic N) is 1. The molecule has 1 aliphatic rings. The maximum Gasteiger partial charge on any atom is 0.243 e. The smallest absolute Gasteiger partial charge is 0.243 e. The van der Waals surface area contributed by atoms with Gasteiger partial charge in [-0.2, -0.15) is 0 Å². The van der Waals surface area contributed by atoms with Crippen molar-refractivity contribution in [3.8, 4) is 0 Å². The lowest BCUT2D eigenvalue weighted by atomic mass is 10.2. The van der Waals surface area contributed by atoms with Crippen molar-refractivity contribution in [2.75, 3.05) is 24.1 Å². The van der Waals surface area contributed by atoms with Crippen LogP contribution in [0.2, 0.25) is 0 Å². The zero-order valence-corrected chi connectivity index (χ0v) is 11.3. The molecule has 0 spiro atoms. The minimum atomic E-state index is -0.189. The summed E-state index contributed by atoms with van der Waals surface area (Å²) >= 11 is 0. The first kappa shape index (κ1) is 13.4. The molecule has 102 valence electrons. The number of nitrogens with one attached hydrogen (secondary N) is 1. The maximum atomic E-state index is 11.9. The van der Waals surface area contributed by atoms with Crippen LogP contribution in [-0.4, -0.2) is 29.8 Å². The van der Waals surface area contributed by atoms with Gasteiger partial charge < -0.3 is 16.0 Å². The standard InChI is InChI=1S/C14H19N3O2/c1-9-5-14(19)17(7-9)8-13(18)16-11-4-3-10(2)12(15)6-11/h3-4,6,9H,5,7-8,15H2,1-2H3,(H,16,18). The quantitative estimate of drug-likeness (QED) is 0.807. The first-order valence-corrected chi connectivity index (χ1v) is 6.39. The van der Waals surface area contributed by atoms with E-state index in [2.05, 4.69) is 5.32 Å². The van der Waals surface area contributed by atoms with E-state index in [0.29, 0.717) is 30.3 Å². The topological polar surface area (TPSA) is 75.4 Å². The third-order valence-corrected chi connectivity index (χ3v) is 3.31. The number of carbonyl (C=O) groups is 2. The van der Waals surface area contributed by atoms with Crippen molar-refractivity contribution in [3.05, 3.63) is 23.8 Å². The molecule has 2 rings (SSSR count). The molecule has 1 aromatic rings. The molecule has 0 aliphatic carbocycles. The van der Waals surface area contributed by atoms with Crippen molar-refractivity contribution in [2.45, 2.75) is 20.3 Å². The molecular weight excluding hydrogens is 242 g/mol. The zero-order valence-electron chi connectivity index (χ0n) is 11.3. The monoisotopic (exact) mass is 261 g/mol. The lowest BCUT2D eigenvalue weighted by Crippen LogP contribution is -2.34. The van der Waals surface area contributed by atoms with Crippen molar-refractivity contribution in [2.24, 2.45) is 5.92 Å². The minimum Gasteiger partial charge on any atom is -0.398 e. The highest BCUT2D eigenvalue weighted by atomic mass is 16.2. The molecule has 5 nitrogen and oxygen atoms in total. The van der Waals surface area contributed by atoms with E-state index in [-0.39, 0.29) is 18.4 Å². The van der Waals surface area contributed by atoms with Crippen molar-refractivity contribution in [3.63, 3.8) is 0 Å². The summed E-state index contributed by atoms with van der Waals surface area (Å²) in [4.78, 5) is 25.1. The number of hydrogen-bond donors (Lipinski definition) is 2. The largest absolute Gasteiger partial charge is 0.398 e. The summed E-state index contributed by atoms with van der Waals surface area (Å²) in [6, 6.07) is 5.38. The van der Waals surface area contributed by atoms with E-state index < -0.39 is 0 Å². The van der Waals surface area contributed by atoms with Crippen LogP contribution in [0, 0.1) is 12.8 Å². The molecule has 1 heterocycles.